The van der Waals surface area contributed by atoms with Gasteiger partial charge in [0.15, 0.2) is 5.65 Å². The average Bonchev–Trinajstić information content (AvgIpc) is 3.14. The van der Waals surface area contributed by atoms with Gasteiger partial charge in [-0.2, -0.15) is 5.10 Å². The second-order valence-corrected chi connectivity index (χ2v) is 8.11. The Morgan fingerprint density at radius 3 is 2.67 bits per heavy atom. The number of rotatable bonds is 4. The highest BCUT2D eigenvalue weighted by molar-refractivity contribution is 6.33. The number of aromatic nitrogens is 4. The van der Waals surface area contributed by atoms with Crippen LogP contribution in [-0.2, 0) is 4.79 Å². The molecule has 2 N–H and O–H groups in total. The Labute approximate surface area is 179 Å². The molecule has 0 spiro atoms. The summed E-state index contributed by atoms with van der Waals surface area (Å²) < 4.78 is 1.67. The molecule has 0 unspecified atom stereocenters. The molecule has 0 bridgehead atoms. The van der Waals surface area contributed by atoms with Gasteiger partial charge in [0, 0.05) is 29.5 Å². The second-order valence-electron chi connectivity index (χ2n) is 7.70. The average molecular weight is 427 g/mol. The highest BCUT2D eigenvalue weighted by atomic mass is 35.5. The number of halogens is 1. The normalized spacial score (nSPS) is 18.9. The Balaban J connectivity index is 1.35. The van der Waals surface area contributed by atoms with Gasteiger partial charge in [-0.25, -0.2) is 9.50 Å². The van der Waals surface area contributed by atoms with Crippen LogP contribution in [-0.4, -0.2) is 37.4 Å². The maximum atomic E-state index is 12.8. The van der Waals surface area contributed by atoms with Crippen LogP contribution >= 0.6 is 11.6 Å². The Kier molecular flexibility index (Phi) is 5.67. The summed E-state index contributed by atoms with van der Waals surface area (Å²) in [7, 11) is 0. The van der Waals surface area contributed by atoms with E-state index >= 15 is 0 Å². The van der Waals surface area contributed by atoms with Crippen molar-refractivity contribution in [3.63, 3.8) is 0 Å². The summed E-state index contributed by atoms with van der Waals surface area (Å²) >= 11 is 6.08. The third-order valence-corrected chi connectivity index (χ3v) is 5.81. The molecule has 3 heterocycles. The van der Waals surface area contributed by atoms with Crippen molar-refractivity contribution in [2.75, 3.05) is 5.32 Å². The van der Waals surface area contributed by atoms with E-state index in [1.807, 2.05) is 19.9 Å². The van der Waals surface area contributed by atoms with Gasteiger partial charge in [0.25, 0.3) is 5.91 Å². The van der Waals surface area contributed by atoms with E-state index in [2.05, 4.69) is 25.7 Å². The maximum Gasteiger partial charge on any atom is 0.256 e. The number of fused-ring (bicyclic) bond motifs is 1. The summed E-state index contributed by atoms with van der Waals surface area (Å²) in [5.41, 5.74) is 3.32. The van der Waals surface area contributed by atoms with Crippen molar-refractivity contribution >= 4 is 34.7 Å². The van der Waals surface area contributed by atoms with Gasteiger partial charge in [0.05, 0.1) is 23.1 Å². The Morgan fingerprint density at radius 2 is 1.93 bits per heavy atom. The number of amides is 2. The van der Waals surface area contributed by atoms with E-state index in [9.17, 15) is 9.59 Å². The molecular formula is C21H23ClN6O2. The van der Waals surface area contributed by atoms with Crippen LogP contribution in [0.4, 0.5) is 5.69 Å². The Bertz CT molecular complexity index is 1100. The number of hydrogen-bond acceptors (Lipinski definition) is 5. The first kappa shape index (κ1) is 20.3. The quantitative estimate of drug-likeness (QED) is 0.666. The van der Waals surface area contributed by atoms with Gasteiger partial charge in [-0.15, -0.1) is 0 Å². The molecule has 1 aliphatic rings. The lowest BCUT2D eigenvalue weighted by Crippen LogP contribution is -2.39. The van der Waals surface area contributed by atoms with Crippen molar-refractivity contribution in [3.05, 3.63) is 52.7 Å². The topological polar surface area (TPSA) is 101 Å². The smallest absolute Gasteiger partial charge is 0.256 e. The molecule has 3 aromatic heterocycles. The standard InChI is InChI=1S/C21H23ClN6O2/c1-12-9-13(2)28-19(25-12)16(10-24-28)21(30)26-15-5-3-14(4-6-15)20(29)27-18-11-23-8-7-17(18)22/h7-11,14-15H,3-6H2,1-2H3,(H,26,30)(H,27,29)/t14-,15-. The molecule has 30 heavy (non-hydrogen) atoms. The number of nitrogens with zero attached hydrogens (tertiary/aromatic N) is 4. The number of nitrogens with one attached hydrogen (secondary N) is 2. The molecule has 8 nitrogen and oxygen atoms in total. The third kappa shape index (κ3) is 4.14. The molecule has 9 heteroatoms. The highest BCUT2D eigenvalue weighted by Gasteiger charge is 2.28. The third-order valence-electron chi connectivity index (χ3n) is 5.48. The molecule has 1 fully saturated rings. The maximum absolute atomic E-state index is 12.8. The lowest BCUT2D eigenvalue weighted by Gasteiger charge is -2.28. The van der Waals surface area contributed by atoms with Crippen LogP contribution < -0.4 is 10.6 Å². The van der Waals surface area contributed by atoms with Crippen molar-refractivity contribution in [1.29, 1.82) is 0 Å². The summed E-state index contributed by atoms with van der Waals surface area (Å²) in [6.45, 7) is 3.83. The minimum atomic E-state index is -0.183. The van der Waals surface area contributed by atoms with Crippen LogP contribution in [0.15, 0.2) is 30.7 Å². The Morgan fingerprint density at radius 1 is 1.17 bits per heavy atom. The van der Waals surface area contributed by atoms with Crippen molar-refractivity contribution in [3.8, 4) is 0 Å². The molecule has 1 aliphatic carbocycles. The summed E-state index contributed by atoms with van der Waals surface area (Å²) in [5.74, 6) is -0.358. The van der Waals surface area contributed by atoms with Crippen molar-refractivity contribution in [1.82, 2.24) is 24.9 Å². The minimum Gasteiger partial charge on any atom is -0.349 e. The molecule has 0 radical (unpaired) electrons. The van der Waals surface area contributed by atoms with E-state index in [0.717, 1.165) is 24.2 Å². The van der Waals surface area contributed by atoms with Crippen LogP contribution in [0.3, 0.4) is 0 Å². The number of aryl methyl sites for hydroxylation is 2. The second kappa shape index (κ2) is 8.39. The van der Waals surface area contributed by atoms with E-state index < -0.39 is 0 Å². The largest absolute Gasteiger partial charge is 0.349 e. The number of hydrogen-bond donors (Lipinski definition) is 2. The zero-order valence-electron chi connectivity index (χ0n) is 16.9. The van der Waals surface area contributed by atoms with E-state index in [-0.39, 0.29) is 23.8 Å². The molecule has 156 valence electrons. The number of anilines is 1. The van der Waals surface area contributed by atoms with Gasteiger partial charge in [-0.05, 0) is 51.7 Å². The van der Waals surface area contributed by atoms with E-state index in [4.69, 9.17) is 11.6 Å². The van der Waals surface area contributed by atoms with Gasteiger partial charge in [-0.1, -0.05) is 11.6 Å². The fourth-order valence-electron chi connectivity index (χ4n) is 3.90. The van der Waals surface area contributed by atoms with Crippen LogP contribution in [0, 0.1) is 19.8 Å². The van der Waals surface area contributed by atoms with E-state index in [1.54, 1.807) is 29.2 Å². The van der Waals surface area contributed by atoms with Gasteiger partial charge in [0.2, 0.25) is 5.91 Å². The molecule has 0 atom stereocenters. The lowest BCUT2D eigenvalue weighted by molar-refractivity contribution is -0.120. The van der Waals surface area contributed by atoms with Crippen molar-refractivity contribution in [2.45, 2.75) is 45.6 Å². The highest BCUT2D eigenvalue weighted by Crippen LogP contribution is 2.27. The van der Waals surface area contributed by atoms with Crippen LogP contribution in [0.5, 0.6) is 0 Å². The first-order chi connectivity index (χ1) is 14.4. The molecule has 4 rings (SSSR count). The molecule has 3 aromatic rings. The van der Waals surface area contributed by atoms with Gasteiger partial charge in [-0.3, -0.25) is 14.6 Å². The molecule has 0 saturated heterocycles. The van der Waals surface area contributed by atoms with Crippen LogP contribution in [0.1, 0.15) is 47.4 Å². The summed E-state index contributed by atoms with van der Waals surface area (Å²) in [6, 6.07) is 3.58. The Hall–Kier alpha value is -3.00. The van der Waals surface area contributed by atoms with Crippen LogP contribution in [0.25, 0.3) is 5.65 Å². The van der Waals surface area contributed by atoms with Gasteiger partial charge in [0.1, 0.15) is 5.56 Å². The molecule has 2 amide bonds. The summed E-state index contributed by atoms with van der Waals surface area (Å²) in [4.78, 5) is 33.8. The minimum absolute atomic E-state index is 0.0180. The van der Waals surface area contributed by atoms with Crippen molar-refractivity contribution in [2.24, 2.45) is 5.92 Å². The summed E-state index contributed by atoms with van der Waals surface area (Å²) in [6.07, 6.45) is 7.53. The fourth-order valence-corrected chi connectivity index (χ4v) is 4.05. The molecule has 0 aromatic carbocycles. The zero-order valence-corrected chi connectivity index (χ0v) is 17.6. The molecule has 1 saturated carbocycles. The lowest BCUT2D eigenvalue weighted by atomic mass is 9.85. The fraction of sp³-hybridized carbons (Fsp3) is 0.381. The summed E-state index contributed by atoms with van der Waals surface area (Å²) in [5, 5.41) is 10.7. The predicted octanol–water partition coefficient (Wildman–Crippen LogP) is 3.32. The monoisotopic (exact) mass is 426 g/mol. The van der Waals surface area contributed by atoms with Gasteiger partial charge >= 0.3 is 0 Å². The first-order valence-electron chi connectivity index (χ1n) is 9.95. The number of carbonyl (C=O) groups is 2. The molecule has 0 aliphatic heterocycles. The van der Waals surface area contributed by atoms with Crippen LogP contribution in [0.2, 0.25) is 5.02 Å². The SMILES string of the molecule is Cc1cc(C)n2ncc(C(=O)N[C@H]3CC[C@H](C(=O)Nc4cnccc4Cl)CC3)c2n1. The number of pyridine rings is 1. The van der Waals surface area contributed by atoms with Crippen molar-refractivity contribution < 1.29 is 9.59 Å². The zero-order chi connectivity index (χ0) is 21.3. The number of carbonyl (C=O) groups excluding carboxylic acids is 2. The van der Waals surface area contributed by atoms with E-state index in [1.165, 1.54) is 0 Å². The van der Waals surface area contributed by atoms with Gasteiger partial charge < -0.3 is 10.6 Å². The molecular weight excluding hydrogens is 404 g/mol. The first-order valence-corrected chi connectivity index (χ1v) is 10.3. The van der Waals surface area contributed by atoms with E-state index in [0.29, 0.717) is 34.8 Å². The predicted molar refractivity (Wildman–Crippen MR) is 114 cm³/mol.